The van der Waals surface area contributed by atoms with Crippen molar-refractivity contribution in [3.05, 3.63) is 11.4 Å². The summed E-state index contributed by atoms with van der Waals surface area (Å²) >= 11 is 5.45. The second-order valence-electron chi connectivity index (χ2n) is 1.57. The van der Waals surface area contributed by atoms with E-state index in [9.17, 15) is 0 Å². The first-order valence-corrected chi connectivity index (χ1v) is 2.55. The van der Waals surface area contributed by atoms with E-state index < -0.39 is 0 Å². The third-order valence-corrected chi connectivity index (χ3v) is 0.733. The summed E-state index contributed by atoms with van der Waals surface area (Å²) in [5.74, 6) is 0. The van der Waals surface area contributed by atoms with Crippen LogP contribution in [0, 0.1) is 0 Å². The quantitative estimate of drug-likeness (QED) is 0.408. The number of rotatable bonds is 2. The first-order valence-electron chi connectivity index (χ1n) is 2.17. The third-order valence-electron chi connectivity index (χ3n) is 0.516. The molecular weight excluding hydrogens is 124 g/mol. The molecule has 0 spiro atoms. The fraction of sp³-hybridized carbons (Fsp3) is 0.400. The largest absolute Gasteiger partial charge is 0.381 e. The summed E-state index contributed by atoms with van der Waals surface area (Å²) in [6.45, 7) is 3.24. The fourth-order valence-corrected chi connectivity index (χ4v) is 0.449. The molecule has 0 aliphatic heterocycles. The predicted octanol–water partition coefficient (Wildman–Crippen LogP) is 1.29. The van der Waals surface area contributed by atoms with Gasteiger partial charge in [-0.2, -0.15) is 0 Å². The zero-order chi connectivity index (χ0) is 6.57. The molecule has 0 unspecified atom stereocenters. The first kappa shape index (κ1) is 7.50. The summed E-state index contributed by atoms with van der Waals surface area (Å²) in [5.41, 5.74) is 0. The Hall–Kier alpha value is -0.500. The van der Waals surface area contributed by atoms with Gasteiger partial charge in [-0.25, -0.2) is 0 Å². The molecule has 0 fully saturated rings. The fourth-order valence-electron chi connectivity index (χ4n) is 0.254. The maximum atomic E-state index is 5.45. The number of nitrogens with zero attached hydrogens (tertiary/aromatic N) is 2. The van der Waals surface area contributed by atoms with Gasteiger partial charge in [-0.15, -0.1) is 0 Å². The molecule has 0 aliphatic carbocycles. The van der Waals surface area contributed by atoms with E-state index in [0.717, 1.165) is 0 Å². The van der Waals surface area contributed by atoms with Crippen molar-refractivity contribution in [2.45, 2.75) is 0 Å². The first-order chi connectivity index (χ1) is 3.66. The Morgan fingerprint density at radius 1 is 1.75 bits per heavy atom. The van der Waals surface area contributed by atoms with Crippen molar-refractivity contribution in [2.24, 2.45) is 4.99 Å². The minimum atomic E-state index is 0.412. The SMILES string of the molecule is C=N/C(Cl)=C\N(C)C. The lowest BCUT2D eigenvalue weighted by molar-refractivity contribution is 0.561. The summed E-state index contributed by atoms with van der Waals surface area (Å²) in [6.07, 6.45) is 1.68. The molecule has 0 amide bonds. The molecule has 0 aromatic carbocycles. The Labute approximate surface area is 54.5 Å². The molecule has 0 aromatic rings. The normalized spacial score (nSPS) is 11.1. The van der Waals surface area contributed by atoms with E-state index in [1.807, 2.05) is 14.1 Å². The van der Waals surface area contributed by atoms with Crippen LogP contribution in [0.1, 0.15) is 0 Å². The van der Waals surface area contributed by atoms with Gasteiger partial charge in [0, 0.05) is 20.3 Å². The maximum Gasteiger partial charge on any atom is 0.144 e. The molecule has 3 heteroatoms. The van der Waals surface area contributed by atoms with Crippen LogP contribution in [0.4, 0.5) is 0 Å². The Balaban J connectivity index is 3.74. The molecule has 0 N–H and O–H groups in total. The van der Waals surface area contributed by atoms with Crippen LogP contribution in [0.15, 0.2) is 16.3 Å². The molecule has 0 saturated heterocycles. The lowest BCUT2D eigenvalue weighted by Gasteiger charge is -2.02. The van der Waals surface area contributed by atoms with Crippen LogP contribution >= 0.6 is 11.6 Å². The van der Waals surface area contributed by atoms with Gasteiger partial charge in [0.1, 0.15) is 5.16 Å². The number of hydrogen-bond donors (Lipinski definition) is 0. The van der Waals surface area contributed by atoms with E-state index in [0.29, 0.717) is 5.16 Å². The van der Waals surface area contributed by atoms with Gasteiger partial charge < -0.3 is 4.90 Å². The van der Waals surface area contributed by atoms with Gasteiger partial charge in [0.25, 0.3) is 0 Å². The lowest BCUT2D eigenvalue weighted by Crippen LogP contribution is -2.00. The van der Waals surface area contributed by atoms with Gasteiger partial charge in [-0.1, -0.05) is 11.6 Å². The van der Waals surface area contributed by atoms with E-state index in [1.165, 1.54) is 0 Å². The third kappa shape index (κ3) is 3.68. The predicted molar refractivity (Wildman–Crippen MR) is 37.2 cm³/mol. The van der Waals surface area contributed by atoms with Crippen molar-refractivity contribution in [1.82, 2.24) is 4.90 Å². The van der Waals surface area contributed by atoms with Gasteiger partial charge in [-0.05, 0) is 6.72 Å². The second-order valence-corrected chi connectivity index (χ2v) is 1.96. The van der Waals surface area contributed by atoms with Crippen LogP contribution in [0.5, 0.6) is 0 Å². The maximum absolute atomic E-state index is 5.45. The molecule has 0 saturated carbocycles. The summed E-state index contributed by atoms with van der Waals surface area (Å²) in [7, 11) is 3.74. The summed E-state index contributed by atoms with van der Waals surface area (Å²) in [6, 6.07) is 0. The highest BCUT2D eigenvalue weighted by molar-refractivity contribution is 6.29. The monoisotopic (exact) mass is 132 g/mol. The highest BCUT2D eigenvalue weighted by atomic mass is 35.5. The zero-order valence-corrected chi connectivity index (χ0v) is 5.81. The minimum absolute atomic E-state index is 0.412. The molecule has 0 bridgehead atoms. The van der Waals surface area contributed by atoms with Gasteiger partial charge in [0.05, 0.1) is 0 Å². The Bertz CT molecular complexity index is 107. The van der Waals surface area contributed by atoms with E-state index in [2.05, 4.69) is 11.7 Å². The average molecular weight is 133 g/mol. The zero-order valence-electron chi connectivity index (χ0n) is 5.06. The average Bonchev–Trinajstić information content (AvgIpc) is 1.65. The van der Waals surface area contributed by atoms with Crippen molar-refractivity contribution >= 4 is 18.3 Å². The van der Waals surface area contributed by atoms with Crippen LogP contribution in [0.3, 0.4) is 0 Å². The van der Waals surface area contributed by atoms with Crippen LogP contribution in [0.25, 0.3) is 0 Å². The molecule has 0 heterocycles. The van der Waals surface area contributed by atoms with Gasteiger partial charge in [0.2, 0.25) is 0 Å². The summed E-state index contributed by atoms with van der Waals surface area (Å²) in [4.78, 5) is 5.27. The molecule has 46 valence electrons. The van der Waals surface area contributed by atoms with Crippen LogP contribution in [-0.4, -0.2) is 25.7 Å². The van der Waals surface area contributed by atoms with Crippen molar-refractivity contribution in [3.8, 4) is 0 Å². The molecule has 0 aliphatic rings. The van der Waals surface area contributed by atoms with Crippen LogP contribution < -0.4 is 0 Å². The van der Waals surface area contributed by atoms with Gasteiger partial charge in [-0.3, -0.25) is 4.99 Å². The minimum Gasteiger partial charge on any atom is -0.381 e. The number of aliphatic imine (C=N–C) groups is 1. The van der Waals surface area contributed by atoms with Crippen molar-refractivity contribution in [3.63, 3.8) is 0 Å². The molecule has 0 aromatic heterocycles. The summed E-state index contributed by atoms with van der Waals surface area (Å²) in [5, 5.41) is 0.412. The van der Waals surface area contributed by atoms with E-state index >= 15 is 0 Å². The lowest BCUT2D eigenvalue weighted by atomic mass is 10.8. The van der Waals surface area contributed by atoms with E-state index in [4.69, 9.17) is 11.6 Å². The van der Waals surface area contributed by atoms with Gasteiger partial charge >= 0.3 is 0 Å². The molecule has 0 radical (unpaired) electrons. The summed E-state index contributed by atoms with van der Waals surface area (Å²) < 4.78 is 0. The number of halogens is 1. The van der Waals surface area contributed by atoms with Crippen molar-refractivity contribution in [1.29, 1.82) is 0 Å². The molecule has 0 rings (SSSR count). The number of hydrogen-bond acceptors (Lipinski definition) is 2. The second kappa shape index (κ2) is 3.50. The van der Waals surface area contributed by atoms with Crippen molar-refractivity contribution in [2.75, 3.05) is 14.1 Å². The smallest absolute Gasteiger partial charge is 0.144 e. The topological polar surface area (TPSA) is 15.6 Å². The molecule has 2 nitrogen and oxygen atoms in total. The highest BCUT2D eigenvalue weighted by Crippen LogP contribution is 2.00. The molecule has 0 atom stereocenters. The Morgan fingerprint density at radius 2 is 2.25 bits per heavy atom. The molecular formula is C5H9ClN2. The van der Waals surface area contributed by atoms with E-state index in [-0.39, 0.29) is 0 Å². The van der Waals surface area contributed by atoms with E-state index in [1.54, 1.807) is 11.1 Å². The van der Waals surface area contributed by atoms with Gasteiger partial charge in [0.15, 0.2) is 0 Å². The highest BCUT2D eigenvalue weighted by Gasteiger charge is 1.82. The standard InChI is InChI=1S/C5H9ClN2/c1-7-5(6)4-8(2)3/h4H,1H2,2-3H3/b5-4-. The van der Waals surface area contributed by atoms with Crippen molar-refractivity contribution < 1.29 is 0 Å². The Kier molecular flexibility index (Phi) is 3.28. The van der Waals surface area contributed by atoms with Crippen LogP contribution in [-0.2, 0) is 0 Å². The van der Waals surface area contributed by atoms with Crippen LogP contribution in [0.2, 0.25) is 0 Å². The molecule has 8 heavy (non-hydrogen) atoms. The Morgan fingerprint density at radius 3 is 2.38 bits per heavy atom.